The summed E-state index contributed by atoms with van der Waals surface area (Å²) in [4.78, 5) is 11.6. The van der Waals surface area contributed by atoms with Gasteiger partial charge in [0.25, 0.3) is 0 Å². The Kier molecular flexibility index (Phi) is 3.57. The molecule has 1 heterocycles. The predicted octanol–water partition coefficient (Wildman–Crippen LogP) is 1.90. The van der Waals surface area contributed by atoms with E-state index in [9.17, 15) is 4.79 Å². The molecule has 1 aromatic carbocycles. The van der Waals surface area contributed by atoms with Gasteiger partial charge in [0.15, 0.2) is 0 Å². The zero-order valence-corrected chi connectivity index (χ0v) is 9.48. The highest BCUT2D eigenvalue weighted by molar-refractivity contribution is 5.70. The normalized spacial score (nSPS) is 17.6. The van der Waals surface area contributed by atoms with Gasteiger partial charge in [-0.05, 0) is 31.5 Å². The molecule has 1 atom stereocenters. The van der Waals surface area contributed by atoms with Crippen LogP contribution in [0.25, 0.3) is 0 Å². The number of rotatable bonds is 4. The first kappa shape index (κ1) is 11.1. The van der Waals surface area contributed by atoms with Crippen molar-refractivity contribution < 1.29 is 9.53 Å². The average Bonchev–Trinajstić information content (AvgIpc) is 2.25. The Labute approximate surface area is 95.8 Å². The van der Waals surface area contributed by atoms with Crippen LogP contribution in [-0.4, -0.2) is 19.1 Å². The summed E-state index contributed by atoms with van der Waals surface area (Å²) in [7, 11) is 0. The Bertz CT molecular complexity index is 346. The predicted molar refractivity (Wildman–Crippen MR) is 61.9 cm³/mol. The van der Waals surface area contributed by atoms with Gasteiger partial charge in [0.05, 0.1) is 6.42 Å². The molecule has 1 N–H and O–H groups in total. The molecule has 3 heteroatoms. The minimum atomic E-state index is -0.151. The molecular formula is C13H17NO2. The van der Waals surface area contributed by atoms with Crippen LogP contribution in [0, 0.1) is 5.92 Å². The molecule has 0 radical (unpaired) electrons. The third-order valence-electron chi connectivity index (χ3n) is 2.90. The molecule has 3 nitrogen and oxygen atoms in total. The summed E-state index contributed by atoms with van der Waals surface area (Å²) in [5.41, 5.74) is 1.04. The number of carbonyl (C=O) groups is 1. The zero-order chi connectivity index (χ0) is 11.4. The van der Waals surface area contributed by atoms with Gasteiger partial charge < -0.3 is 10.1 Å². The van der Waals surface area contributed by atoms with Crippen molar-refractivity contribution in [2.45, 2.75) is 19.4 Å². The molecule has 0 amide bonds. The SMILES string of the molecule is CC(OC(=O)CC1CNC1)c1ccccc1. The van der Waals surface area contributed by atoms with Gasteiger partial charge in [-0.25, -0.2) is 0 Å². The number of hydrogen-bond acceptors (Lipinski definition) is 3. The van der Waals surface area contributed by atoms with Gasteiger partial charge in [0.2, 0.25) is 0 Å². The van der Waals surface area contributed by atoms with Gasteiger partial charge in [-0.1, -0.05) is 30.3 Å². The number of esters is 1. The Morgan fingerprint density at radius 2 is 2.12 bits per heavy atom. The van der Waals surface area contributed by atoms with Crippen molar-refractivity contribution in [3.8, 4) is 0 Å². The number of hydrogen-bond donors (Lipinski definition) is 1. The Balaban J connectivity index is 1.82. The first-order valence-corrected chi connectivity index (χ1v) is 5.71. The minimum absolute atomic E-state index is 0.0946. The van der Waals surface area contributed by atoms with Crippen LogP contribution in [-0.2, 0) is 9.53 Å². The first-order chi connectivity index (χ1) is 7.75. The van der Waals surface area contributed by atoms with Crippen LogP contribution < -0.4 is 5.32 Å². The number of nitrogens with one attached hydrogen (secondary N) is 1. The van der Waals surface area contributed by atoms with Crippen molar-refractivity contribution in [3.05, 3.63) is 35.9 Å². The van der Waals surface area contributed by atoms with Crippen LogP contribution >= 0.6 is 0 Å². The number of ether oxygens (including phenoxy) is 1. The lowest BCUT2D eigenvalue weighted by molar-refractivity contribution is -0.150. The molecule has 2 rings (SSSR count). The quantitative estimate of drug-likeness (QED) is 0.786. The molecule has 0 aliphatic carbocycles. The van der Waals surface area contributed by atoms with Gasteiger partial charge in [-0.2, -0.15) is 0 Å². The summed E-state index contributed by atoms with van der Waals surface area (Å²) in [6.45, 7) is 3.79. The molecule has 0 bridgehead atoms. The highest BCUT2D eigenvalue weighted by atomic mass is 16.5. The van der Waals surface area contributed by atoms with Crippen molar-refractivity contribution in [1.29, 1.82) is 0 Å². The number of carbonyl (C=O) groups excluding carboxylic acids is 1. The van der Waals surface area contributed by atoms with Crippen LogP contribution in [0.4, 0.5) is 0 Å². The largest absolute Gasteiger partial charge is 0.458 e. The van der Waals surface area contributed by atoms with E-state index in [0.29, 0.717) is 12.3 Å². The molecule has 1 aliphatic rings. The molecule has 1 unspecified atom stereocenters. The molecule has 1 fully saturated rings. The van der Waals surface area contributed by atoms with E-state index in [1.165, 1.54) is 0 Å². The third-order valence-corrected chi connectivity index (χ3v) is 2.90. The third kappa shape index (κ3) is 2.83. The van der Waals surface area contributed by atoms with Crippen molar-refractivity contribution in [1.82, 2.24) is 5.32 Å². The van der Waals surface area contributed by atoms with Gasteiger partial charge in [0, 0.05) is 0 Å². The molecule has 0 spiro atoms. The van der Waals surface area contributed by atoms with Crippen molar-refractivity contribution in [2.75, 3.05) is 13.1 Å². The van der Waals surface area contributed by atoms with Crippen LogP contribution in [0.2, 0.25) is 0 Å². The Morgan fingerprint density at radius 1 is 1.44 bits per heavy atom. The van der Waals surface area contributed by atoms with Crippen LogP contribution in [0.5, 0.6) is 0 Å². The van der Waals surface area contributed by atoms with E-state index in [1.54, 1.807) is 0 Å². The van der Waals surface area contributed by atoms with Gasteiger partial charge in [-0.3, -0.25) is 4.79 Å². The first-order valence-electron chi connectivity index (χ1n) is 5.71. The lowest BCUT2D eigenvalue weighted by Crippen LogP contribution is -2.43. The van der Waals surface area contributed by atoms with Gasteiger partial charge in [-0.15, -0.1) is 0 Å². The van der Waals surface area contributed by atoms with E-state index in [4.69, 9.17) is 4.74 Å². The molecule has 1 saturated heterocycles. The fourth-order valence-corrected chi connectivity index (χ4v) is 1.77. The maximum absolute atomic E-state index is 11.6. The lowest BCUT2D eigenvalue weighted by atomic mass is 10.00. The second-order valence-corrected chi connectivity index (χ2v) is 4.27. The topological polar surface area (TPSA) is 38.3 Å². The van der Waals surface area contributed by atoms with Crippen molar-refractivity contribution in [2.24, 2.45) is 5.92 Å². The summed E-state index contributed by atoms with van der Waals surface area (Å²) < 4.78 is 5.38. The molecule has 16 heavy (non-hydrogen) atoms. The maximum Gasteiger partial charge on any atom is 0.306 e. The molecular weight excluding hydrogens is 202 g/mol. The summed E-state index contributed by atoms with van der Waals surface area (Å²) in [5, 5.41) is 3.14. The molecule has 1 aromatic rings. The molecule has 86 valence electrons. The van der Waals surface area contributed by atoms with Crippen molar-refractivity contribution in [3.63, 3.8) is 0 Å². The number of benzene rings is 1. The molecule has 0 aromatic heterocycles. The van der Waals surface area contributed by atoms with E-state index in [2.05, 4.69) is 5.32 Å². The minimum Gasteiger partial charge on any atom is -0.458 e. The van der Waals surface area contributed by atoms with E-state index >= 15 is 0 Å². The fraction of sp³-hybridized carbons (Fsp3) is 0.462. The monoisotopic (exact) mass is 219 g/mol. The Hall–Kier alpha value is -1.35. The summed E-state index contributed by atoms with van der Waals surface area (Å²) in [6, 6.07) is 9.81. The van der Waals surface area contributed by atoms with Crippen LogP contribution in [0.3, 0.4) is 0 Å². The summed E-state index contributed by atoms with van der Waals surface area (Å²) in [5.74, 6) is 0.373. The van der Waals surface area contributed by atoms with E-state index in [-0.39, 0.29) is 12.1 Å². The van der Waals surface area contributed by atoms with E-state index in [1.807, 2.05) is 37.3 Å². The van der Waals surface area contributed by atoms with Gasteiger partial charge >= 0.3 is 5.97 Å². The second kappa shape index (κ2) is 5.12. The van der Waals surface area contributed by atoms with E-state index < -0.39 is 0 Å². The lowest BCUT2D eigenvalue weighted by Gasteiger charge is -2.26. The Morgan fingerprint density at radius 3 is 2.69 bits per heavy atom. The van der Waals surface area contributed by atoms with Crippen LogP contribution in [0.15, 0.2) is 30.3 Å². The highest BCUT2D eigenvalue weighted by Gasteiger charge is 2.22. The van der Waals surface area contributed by atoms with Crippen LogP contribution in [0.1, 0.15) is 25.0 Å². The van der Waals surface area contributed by atoms with Gasteiger partial charge in [0.1, 0.15) is 6.10 Å². The zero-order valence-electron chi connectivity index (χ0n) is 9.48. The van der Waals surface area contributed by atoms with Crippen molar-refractivity contribution >= 4 is 5.97 Å². The maximum atomic E-state index is 11.6. The van der Waals surface area contributed by atoms with E-state index in [0.717, 1.165) is 18.7 Å². The summed E-state index contributed by atoms with van der Waals surface area (Å²) >= 11 is 0. The molecule has 1 aliphatic heterocycles. The highest BCUT2D eigenvalue weighted by Crippen LogP contribution is 2.18. The molecule has 0 saturated carbocycles. The smallest absolute Gasteiger partial charge is 0.306 e. The average molecular weight is 219 g/mol. The summed E-state index contributed by atoms with van der Waals surface area (Å²) in [6.07, 6.45) is 0.381. The fourth-order valence-electron chi connectivity index (χ4n) is 1.77. The second-order valence-electron chi connectivity index (χ2n) is 4.27. The standard InChI is InChI=1S/C13H17NO2/c1-10(12-5-3-2-4-6-12)16-13(15)7-11-8-14-9-11/h2-6,10-11,14H,7-9H2,1H3.